The van der Waals surface area contributed by atoms with E-state index in [1.807, 2.05) is 30.3 Å². The second-order valence-corrected chi connectivity index (χ2v) is 7.32. The van der Waals surface area contributed by atoms with Gasteiger partial charge in [0, 0.05) is 30.5 Å². The Morgan fingerprint density at radius 1 is 0.692 bits per heavy atom. The summed E-state index contributed by atoms with van der Waals surface area (Å²) < 4.78 is 11.5. The number of rotatable bonds is 11. The second-order valence-electron chi connectivity index (χ2n) is 7.32. The molecule has 4 heteroatoms. The first-order valence-corrected chi connectivity index (χ1v) is 9.46. The molecular formula is C22H32N2O2. The van der Waals surface area contributed by atoms with E-state index >= 15 is 0 Å². The van der Waals surface area contributed by atoms with Crippen LogP contribution in [0.5, 0.6) is 11.5 Å². The van der Waals surface area contributed by atoms with Gasteiger partial charge in [-0.15, -0.1) is 0 Å². The molecule has 26 heavy (non-hydrogen) atoms. The van der Waals surface area contributed by atoms with Crippen LogP contribution in [0.2, 0.25) is 0 Å². The summed E-state index contributed by atoms with van der Waals surface area (Å²) in [5.41, 5.74) is 2.17. The summed E-state index contributed by atoms with van der Waals surface area (Å²) in [6.45, 7) is 11.7. The topological polar surface area (TPSA) is 42.5 Å². The number of benzene rings is 2. The first-order chi connectivity index (χ1) is 12.5. The van der Waals surface area contributed by atoms with E-state index in [0.29, 0.717) is 11.8 Å². The lowest BCUT2D eigenvalue weighted by molar-refractivity contribution is 0.271. The van der Waals surface area contributed by atoms with Gasteiger partial charge in [-0.1, -0.05) is 33.8 Å². The predicted octanol–water partition coefficient (Wildman–Crippen LogP) is 5.28. The molecule has 0 spiro atoms. The third-order valence-electron chi connectivity index (χ3n) is 3.64. The van der Waals surface area contributed by atoms with Crippen LogP contribution in [0.4, 0.5) is 11.4 Å². The molecule has 0 aromatic heterocycles. The van der Waals surface area contributed by atoms with Gasteiger partial charge in [-0.2, -0.15) is 0 Å². The van der Waals surface area contributed by atoms with Crippen LogP contribution < -0.4 is 20.1 Å². The van der Waals surface area contributed by atoms with Crippen molar-refractivity contribution in [2.24, 2.45) is 11.8 Å². The molecule has 0 saturated heterocycles. The molecule has 2 rings (SSSR count). The smallest absolute Gasteiger partial charge is 0.121 e. The van der Waals surface area contributed by atoms with E-state index in [0.717, 1.165) is 49.2 Å². The fourth-order valence-electron chi connectivity index (χ4n) is 2.30. The van der Waals surface area contributed by atoms with Crippen LogP contribution in [0.25, 0.3) is 0 Å². The fourth-order valence-corrected chi connectivity index (χ4v) is 2.30. The van der Waals surface area contributed by atoms with Crippen molar-refractivity contribution in [3.05, 3.63) is 48.5 Å². The first-order valence-electron chi connectivity index (χ1n) is 9.46. The average Bonchev–Trinajstić information content (AvgIpc) is 2.63. The van der Waals surface area contributed by atoms with Crippen LogP contribution in [0.1, 0.15) is 27.7 Å². The minimum atomic E-state index is 0.526. The maximum Gasteiger partial charge on any atom is 0.121 e. The number of hydrogen-bond acceptors (Lipinski definition) is 4. The highest BCUT2D eigenvalue weighted by molar-refractivity contribution is 5.49. The molecular weight excluding hydrogens is 324 g/mol. The average molecular weight is 357 g/mol. The van der Waals surface area contributed by atoms with Crippen LogP contribution in [0.15, 0.2) is 48.5 Å². The summed E-state index contributed by atoms with van der Waals surface area (Å²) in [6, 6.07) is 16.2. The minimum Gasteiger partial charge on any atom is -0.493 e. The van der Waals surface area contributed by atoms with Crippen LogP contribution in [-0.4, -0.2) is 26.3 Å². The highest BCUT2D eigenvalue weighted by atomic mass is 16.5. The molecule has 0 heterocycles. The fraction of sp³-hybridized carbons (Fsp3) is 0.455. The van der Waals surface area contributed by atoms with Crippen molar-refractivity contribution >= 4 is 11.4 Å². The Morgan fingerprint density at radius 2 is 1.27 bits per heavy atom. The summed E-state index contributed by atoms with van der Waals surface area (Å²) in [6.07, 6.45) is 0. The Morgan fingerprint density at radius 3 is 1.88 bits per heavy atom. The van der Waals surface area contributed by atoms with Crippen LogP contribution in [0, 0.1) is 11.8 Å². The largest absolute Gasteiger partial charge is 0.493 e. The van der Waals surface area contributed by atoms with E-state index < -0.39 is 0 Å². The molecule has 2 aromatic carbocycles. The van der Waals surface area contributed by atoms with Crippen molar-refractivity contribution in [2.45, 2.75) is 27.7 Å². The molecule has 0 amide bonds. The van der Waals surface area contributed by atoms with Gasteiger partial charge in [-0.05, 0) is 48.2 Å². The lowest BCUT2D eigenvalue weighted by atomic mass is 10.2. The SMILES string of the molecule is CC(C)COc1ccc(NCCNc2cccc(OCC(C)C)c2)cc1. The number of hydrogen-bond donors (Lipinski definition) is 2. The van der Waals surface area contributed by atoms with E-state index in [4.69, 9.17) is 9.47 Å². The number of nitrogens with one attached hydrogen (secondary N) is 2. The van der Waals surface area contributed by atoms with Gasteiger partial charge in [0.15, 0.2) is 0 Å². The predicted molar refractivity (Wildman–Crippen MR) is 111 cm³/mol. The van der Waals surface area contributed by atoms with E-state index in [2.05, 4.69) is 56.5 Å². The molecule has 0 atom stereocenters. The van der Waals surface area contributed by atoms with Crippen molar-refractivity contribution in [1.29, 1.82) is 0 Å². The minimum absolute atomic E-state index is 0.526. The van der Waals surface area contributed by atoms with Gasteiger partial charge >= 0.3 is 0 Å². The molecule has 0 saturated carbocycles. The van der Waals surface area contributed by atoms with Gasteiger partial charge in [0.2, 0.25) is 0 Å². The van der Waals surface area contributed by atoms with Gasteiger partial charge in [-0.25, -0.2) is 0 Å². The highest BCUT2D eigenvalue weighted by Gasteiger charge is 2.00. The van der Waals surface area contributed by atoms with E-state index in [9.17, 15) is 0 Å². The normalized spacial score (nSPS) is 10.8. The van der Waals surface area contributed by atoms with Crippen molar-refractivity contribution in [1.82, 2.24) is 0 Å². The zero-order valence-electron chi connectivity index (χ0n) is 16.4. The first kappa shape index (κ1) is 20.0. The van der Waals surface area contributed by atoms with Crippen LogP contribution in [0.3, 0.4) is 0 Å². The van der Waals surface area contributed by atoms with E-state index in [1.54, 1.807) is 0 Å². The monoisotopic (exact) mass is 356 g/mol. The Bertz CT molecular complexity index is 639. The third kappa shape index (κ3) is 7.68. The van der Waals surface area contributed by atoms with Gasteiger partial charge in [0.25, 0.3) is 0 Å². The van der Waals surface area contributed by atoms with Crippen molar-refractivity contribution in [3.8, 4) is 11.5 Å². The zero-order chi connectivity index (χ0) is 18.8. The lowest BCUT2D eigenvalue weighted by Gasteiger charge is -2.12. The summed E-state index contributed by atoms with van der Waals surface area (Å²) in [5, 5.41) is 6.83. The van der Waals surface area contributed by atoms with Gasteiger partial charge in [0.05, 0.1) is 13.2 Å². The summed E-state index contributed by atoms with van der Waals surface area (Å²) >= 11 is 0. The Balaban J connectivity index is 1.70. The highest BCUT2D eigenvalue weighted by Crippen LogP contribution is 2.18. The van der Waals surface area contributed by atoms with E-state index in [1.165, 1.54) is 0 Å². The maximum absolute atomic E-state index is 5.76. The number of ether oxygens (including phenoxy) is 2. The number of anilines is 2. The van der Waals surface area contributed by atoms with Crippen molar-refractivity contribution in [2.75, 3.05) is 36.9 Å². The Kier molecular flexibility index (Phi) is 8.13. The molecule has 0 aliphatic carbocycles. The Labute approximate surface area is 157 Å². The van der Waals surface area contributed by atoms with Crippen molar-refractivity contribution in [3.63, 3.8) is 0 Å². The molecule has 0 fully saturated rings. The van der Waals surface area contributed by atoms with Crippen LogP contribution >= 0.6 is 0 Å². The van der Waals surface area contributed by atoms with Gasteiger partial charge in [0.1, 0.15) is 11.5 Å². The zero-order valence-corrected chi connectivity index (χ0v) is 16.4. The molecule has 0 unspecified atom stereocenters. The van der Waals surface area contributed by atoms with Crippen molar-refractivity contribution < 1.29 is 9.47 Å². The van der Waals surface area contributed by atoms with Gasteiger partial charge in [-0.3, -0.25) is 0 Å². The van der Waals surface area contributed by atoms with E-state index in [-0.39, 0.29) is 0 Å². The third-order valence-corrected chi connectivity index (χ3v) is 3.64. The summed E-state index contributed by atoms with van der Waals surface area (Å²) in [7, 11) is 0. The molecule has 2 N–H and O–H groups in total. The molecule has 0 radical (unpaired) electrons. The molecule has 0 aliphatic heterocycles. The standard InChI is InChI=1S/C22H32N2O2/c1-17(2)15-25-21-10-8-19(9-11-21)23-12-13-24-20-6-5-7-22(14-20)26-16-18(3)4/h5-11,14,17-18,23-24H,12-13,15-16H2,1-4H3. The quantitative estimate of drug-likeness (QED) is 0.538. The maximum atomic E-state index is 5.76. The molecule has 2 aromatic rings. The summed E-state index contributed by atoms with van der Waals surface area (Å²) in [5.74, 6) is 2.89. The lowest BCUT2D eigenvalue weighted by Crippen LogP contribution is -2.13. The molecule has 0 aliphatic rings. The molecule has 0 bridgehead atoms. The second kappa shape index (κ2) is 10.6. The molecule has 142 valence electrons. The van der Waals surface area contributed by atoms with Crippen LogP contribution in [-0.2, 0) is 0 Å². The Hall–Kier alpha value is -2.36. The summed E-state index contributed by atoms with van der Waals surface area (Å²) in [4.78, 5) is 0. The molecule has 4 nitrogen and oxygen atoms in total. The van der Waals surface area contributed by atoms with Gasteiger partial charge < -0.3 is 20.1 Å².